The van der Waals surface area contributed by atoms with Crippen molar-refractivity contribution in [3.63, 3.8) is 0 Å². The zero-order chi connectivity index (χ0) is 17.9. The van der Waals surface area contributed by atoms with Crippen LogP contribution in [0.1, 0.15) is 31.8 Å². The summed E-state index contributed by atoms with van der Waals surface area (Å²) < 4.78 is 66.3. The normalized spacial score (nSPS) is 14.2. The standard InChI is InChI=1S/C14H8O8S2/c15-13-9-3-1-7(23(17,18)19)5-11(9)14(16)10-4-2-8(6-12(10)13)24(20,21)22/h1-6H,(H,17,18,19)(H,20,21,22)/p-2. The van der Waals surface area contributed by atoms with Gasteiger partial charge in [-0.05, 0) is 36.4 Å². The summed E-state index contributed by atoms with van der Waals surface area (Å²) in [7, 11) is -9.63. The van der Waals surface area contributed by atoms with E-state index in [0.29, 0.717) is 0 Å². The summed E-state index contributed by atoms with van der Waals surface area (Å²) in [6, 6.07) is 5.37. The van der Waals surface area contributed by atoms with Crippen LogP contribution in [0.5, 0.6) is 0 Å². The fourth-order valence-electron chi connectivity index (χ4n) is 2.42. The number of rotatable bonds is 2. The third-order valence-corrected chi connectivity index (χ3v) is 5.20. The predicted octanol–water partition coefficient (Wildman–Crippen LogP) is 0.270. The molecular formula is C14H6O8S2-2. The number of benzene rings is 2. The first-order valence-corrected chi connectivity index (χ1v) is 9.11. The van der Waals surface area contributed by atoms with E-state index in [-0.39, 0.29) is 22.3 Å². The SMILES string of the molecule is O=C1c2ccc(S(=O)(=O)[O-])cc2C(=O)c2ccc(S(=O)(=O)[O-])cc21. The first-order chi connectivity index (χ1) is 11.0. The lowest BCUT2D eigenvalue weighted by Crippen LogP contribution is -2.22. The Morgan fingerprint density at radius 3 is 1.21 bits per heavy atom. The van der Waals surface area contributed by atoms with Crippen LogP contribution >= 0.6 is 0 Å². The molecule has 0 saturated carbocycles. The van der Waals surface area contributed by atoms with Crippen LogP contribution in [-0.2, 0) is 20.2 Å². The maximum Gasteiger partial charge on any atom is 0.194 e. The van der Waals surface area contributed by atoms with E-state index >= 15 is 0 Å². The highest BCUT2D eigenvalue weighted by Crippen LogP contribution is 2.30. The lowest BCUT2D eigenvalue weighted by Gasteiger charge is -2.20. The van der Waals surface area contributed by atoms with Gasteiger partial charge in [-0.3, -0.25) is 9.59 Å². The summed E-state index contributed by atoms with van der Waals surface area (Å²) >= 11 is 0. The first-order valence-electron chi connectivity index (χ1n) is 6.29. The molecule has 1 aliphatic carbocycles. The third-order valence-electron chi connectivity index (χ3n) is 3.54. The maximum atomic E-state index is 12.4. The van der Waals surface area contributed by atoms with Gasteiger partial charge in [0, 0.05) is 22.3 Å². The Kier molecular flexibility index (Phi) is 3.46. The molecule has 0 amide bonds. The number of carbonyl (C=O) groups excluding carboxylic acids is 2. The average Bonchev–Trinajstić information content (AvgIpc) is 2.49. The van der Waals surface area contributed by atoms with E-state index in [9.17, 15) is 35.5 Å². The van der Waals surface area contributed by atoms with Crippen molar-refractivity contribution in [1.82, 2.24) is 0 Å². The van der Waals surface area contributed by atoms with Gasteiger partial charge in [-0.15, -0.1) is 0 Å². The Balaban J connectivity index is 2.26. The predicted molar refractivity (Wildman–Crippen MR) is 75.7 cm³/mol. The van der Waals surface area contributed by atoms with Crippen molar-refractivity contribution in [2.24, 2.45) is 0 Å². The van der Waals surface area contributed by atoms with Gasteiger partial charge in [0.1, 0.15) is 20.2 Å². The largest absolute Gasteiger partial charge is 0.744 e. The average molecular weight is 366 g/mol. The highest BCUT2D eigenvalue weighted by atomic mass is 32.2. The molecule has 0 atom stereocenters. The summed E-state index contributed by atoms with van der Waals surface area (Å²) in [6.45, 7) is 0. The van der Waals surface area contributed by atoms with Crippen LogP contribution in [0.2, 0.25) is 0 Å². The zero-order valence-electron chi connectivity index (χ0n) is 11.5. The summed E-state index contributed by atoms with van der Waals surface area (Å²) in [5.74, 6) is -1.50. The Bertz CT molecular complexity index is 1040. The van der Waals surface area contributed by atoms with Gasteiger partial charge in [0.25, 0.3) is 0 Å². The van der Waals surface area contributed by atoms with Crippen LogP contribution < -0.4 is 0 Å². The second-order valence-corrected chi connectivity index (χ2v) is 7.74. The van der Waals surface area contributed by atoms with E-state index in [4.69, 9.17) is 0 Å². The van der Waals surface area contributed by atoms with Crippen molar-refractivity contribution in [3.8, 4) is 0 Å². The highest BCUT2D eigenvalue weighted by Gasteiger charge is 2.30. The van der Waals surface area contributed by atoms with E-state index in [1.165, 1.54) is 0 Å². The summed E-state index contributed by atoms with van der Waals surface area (Å²) in [5.41, 5.74) is -0.912. The van der Waals surface area contributed by atoms with Crippen LogP contribution in [0, 0.1) is 0 Å². The maximum absolute atomic E-state index is 12.4. The van der Waals surface area contributed by atoms with Crippen molar-refractivity contribution >= 4 is 31.8 Å². The van der Waals surface area contributed by atoms with Crippen LogP contribution in [0.4, 0.5) is 0 Å². The second-order valence-electron chi connectivity index (χ2n) is 4.98. The molecule has 0 bridgehead atoms. The van der Waals surface area contributed by atoms with Crippen LogP contribution in [0.25, 0.3) is 0 Å². The molecule has 1 aliphatic rings. The zero-order valence-corrected chi connectivity index (χ0v) is 13.2. The molecule has 0 N–H and O–H groups in total. The molecule has 8 nitrogen and oxygen atoms in total. The minimum absolute atomic E-state index is 0.180. The molecule has 0 saturated heterocycles. The van der Waals surface area contributed by atoms with Gasteiger partial charge >= 0.3 is 0 Å². The molecule has 0 aromatic heterocycles. The summed E-state index contributed by atoms with van der Waals surface area (Å²) in [6.07, 6.45) is 0. The topological polar surface area (TPSA) is 149 Å². The van der Waals surface area contributed by atoms with E-state index in [2.05, 4.69) is 0 Å². The van der Waals surface area contributed by atoms with Gasteiger partial charge < -0.3 is 9.11 Å². The lowest BCUT2D eigenvalue weighted by atomic mass is 9.84. The molecule has 0 fully saturated rings. The van der Waals surface area contributed by atoms with Crippen LogP contribution in [0.3, 0.4) is 0 Å². The Labute approximate surface area is 136 Å². The van der Waals surface area contributed by atoms with Crippen molar-refractivity contribution < 1.29 is 35.5 Å². The molecule has 0 heterocycles. The van der Waals surface area contributed by atoms with Crippen LogP contribution in [0.15, 0.2) is 46.2 Å². The monoisotopic (exact) mass is 366 g/mol. The summed E-state index contributed by atoms with van der Waals surface area (Å²) in [4.78, 5) is 23.5. The first kappa shape index (κ1) is 16.5. The van der Waals surface area contributed by atoms with Crippen molar-refractivity contribution in [1.29, 1.82) is 0 Å². The molecule has 0 aliphatic heterocycles. The molecule has 10 heteroatoms. The molecule has 24 heavy (non-hydrogen) atoms. The Morgan fingerprint density at radius 2 is 0.917 bits per heavy atom. The Hall–Kier alpha value is -2.40. The molecule has 3 rings (SSSR count). The number of fused-ring (bicyclic) bond motifs is 2. The van der Waals surface area contributed by atoms with Crippen molar-refractivity contribution in [2.45, 2.75) is 9.79 Å². The molecule has 0 unspecified atom stereocenters. The van der Waals surface area contributed by atoms with Crippen molar-refractivity contribution in [2.75, 3.05) is 0 Å². The van der Waals surface area contributed by atoms with Gasteiger partial charge in [-0.1, -0.05) is 0 Å². The van der Waals surface area contributed by atoms with Gasteiger partial charge in [-0.25, -0.2) is 16.8 Å². The second kappa shape index (κ2) is 5.05. The highest BCUT2D eigenvalue weighted by molar-refractivity contribution is 7.86. The number of hydrogen-bond acceptors (Lipinski definition) is 8. The number of carbonyl (C=O) groups is 2. The van der Waals surface area contributed by atoms with E-state index in [0.717, 1.165) is 36.4 Å². The number of ketones is 2. The van der Waals surface area contributed by atoms with Gasteiger partial charge in [0.15, 0.2) is 11.6 Å². The fraction of sp³-hybridized carbons (Fsp3) is 0. The molecule has 0 spiro atoms. The minimum Gasteiger partial charge on any atom is -0.744 e. The van der Waals surface area contributed by atoms with Gasteiger partial charge in [0.05, 0.1) is 9.79 Å². The minimum atomic E-state index is -4.81. The molecule has 124 valence electrons. The smallest absolute Gasteiger partial charge is 0.194 e. The third kappa shape index (κ3) is 2.55. The van der Waals surface area contributed by atoms with Gasteiger partial charge in [-0.2, -0.15) is 0 Å². The fourth-order valence-corrected chi connectivity index (χ4v) is 3.41. The molecule has 2 aromatic rings. The number of hydrogen-bond donors (Lipinski definition) is 0. The molecule has 2 aromatic carbocycles. The quantitative estimate of drug-likeness (QED) is 0.587. The van der Waals surface area contributed by atoms with Gasteiger partial charge in [0.2, 0.25) is 0 Å². The summed E-state index contributed by atoms with van der Waals surface area (Å²) in [5, 5.41) is 0. The molecular weight excluding hydrogens is 360 g/mol. The Morgan fingerprint density at radius 1 is 0.583 bits per heavy atom. The van der Waals surface area contributed by atoms with Crippen LogP contribution in [-0.4, -0.2) is 37.5 Å². The lowest BCUT2D eigenvalue weighted by molar-refractivity contribution is 0.0978. The van der Waals surface area contributed by atoms with E-state index in [1.54, 1.807) is 0 Å². The molecule has 0 radical (unpaired) electrons. The van der Waals surface area contributed by atoms with Crippen molar-refractivity contribution in [3.05, 3.63) is 58.7 Å². The van der Waals surface area contributed by atoms with E-state index in [1.807, 2.05) is 0 Å². The van der Waals surface area contributed by atoms with E-state index < -0.39 is 41.6 Å².